The van der Waals surface area contributed by atoms with Gasteiger partial charge in [-0.1, -0.05) is 6.07 Å². The first kappa shape index (κ1) is 11.6. The highest BCUT2D eigenvalue weighted by atomic mass is 16.2. The fraction of sp³-hybridized carbons (Fsp3) is 0.214. The second-order valence-corrected chi connectivity index (χ2v) is 4.69. The molecule has 1 fully saturated rings. The quantitative estimate of drug-likeness (QED) is 0.594. The van der Waals surface area contributed by atoms with Crippen molar-refractivity contribution in [1.29, 1.82) is 0 Å². The maximum atomic E-state index is 11.8. The van der Waals surface area contributed by atoms with E-state index in [1.54, 1.807) is 6.07 Å². The van der Waals surface area contributed by atoms with E-state index in [1.165, 1.54) is 0 Å². The first-order valence-electron chi connectivity index (χ1n) is 6.13. The van der Waals surface area contributed by atoms with Gasteiger partial charge in [-0.15, -0.1) is 0 Å². The van der Waals surface area contributed by atoms with Crippen LogP contribution in [0.25, 0.3) is 10.9 Å². The van der Waals surface area contributed by atoms with Gasteiger partial charge in [0.2, 0.25) is 11.8 Å². The summed E-state index contributed by atoms with van der Waals surface area (Å²) in [4.78, 5) is 27.4. The minimum absolute atomic E-state index is 0.213. The minimum atomic E-state index is -0.348. The zero-order chi connectivity index (χ0) is 13.4. The molecule has 0 saturated carbocycles. The first-order valence-corrected chi connectivity index (χ1v) is 6.13. The predicted octanol–water partition coefficient (Wildman–Crippen LogP) is 1.34. The van der Waals surface area contributed by atoms with Crippen molar-refractivity contribution in [3.63, 3.8) is 0 Å². The Bertz CT molecular complexity index is 681. The van der Waals surface area contributed by atoms with E-state index >= 15 is 0 Å². The normalized spacial score (nSPS) is 19.5. The highest BCUT2D eigenvalue weighted by molar-refractivity contribution is 6.01. The lowest BCUT2D eigenvalue weighted by molar-refractivity contribution is -0.134. The van der Waals surface area contributed by atoms with Gasteiger partial charge < -0.3 is 5.73 Å². The van der Waals surface area contributed by atoms with E-state index in [1.807, 2.05) is 24.3 Å². The average Bonchev–Trinajstić information content (AvgIpc) is 2.38. The van der Waals surface area contributed by atoms with Crippen molar-refractivity contribution in [3.8, 4) is 0 Å². The van der Waals surface area contributed by atoms with Crippen molar-refractivity contribution < 1.29 is 9.59 Å². The Balaban J connectivity index is 1.99. The van der Waals surface area contributed by atoms with Gasteiger partial charge in [0, 0.05) is 17.5 Å². The molecule has 1 aliphatic heterocycles. The number of carbonyl (C=O) groups is 2. The molecule has 2 amide bonds. The number of anilines is 1. The third-order valence-corrected chi connectivity index (χ3v) is 3.33. The van der Waals surface area contributed by atoms with Crippen LogP contribution in [-0.2, 0) is 9.59 Å². The molecule has 0 aliphatic carbocycles. The number of nitrogens with two attached hydrogens (primary N) is 1. The number of aromatic nitrogens is 1. The molecule has 0 bridgehead atoms. The molecule has 0 spiro atoms. The van der Waals surface area contributed by atoms with Gasteiger partial charge in [0.1, 0.15) is 0 Å². The van der Waals surface area contributed by atoms with Crippen LogP contribution in [0.1, 0.15) is 24.5 Å². The van der Waals surface area contributed by atoms with Gasteiger partial charge in [0.15, 0.2) is 0 Å². The number of piperidine rings is 1. The Labute approximate surface area is 109 Å². The van der Waals surface area contributed by atoms with Gasteiger partial charge in [0.25, 0.3) is 0 Å². The molecule has 2 heterocycles. The molecule has 1 aromatic carbocycles. The molecule has 1 unspecified atom stereocenters. The molecule has 2 aromatic rings. The lowest BCUT2D eigenvalue weighted by Gasteiger charge is -2.20. The highest BCUT2D eigenvalue weighted by Crippen LogP contribution is 2.25. The van der Waals surface area contributed by atoms with Crippen LogP contribution >= 0.6 is 0 Å². The first-order chi connectivity index (χ1) is 9.13. The number of pyridine rings is 1. The van der Waals surface area contributed by atoms with Crippen molar-refractivity contribution >= 4 is 28.4 Å². The Morgan fingerprint density at radius 3 is 2.84 bits per heavy atom. The fourth-order valence-electron chi connectivity index (χ4n) is 2.33. The predicted molar refractivity (Wildman–Crippen MR) is 71.3 cm³/mol. The Hall–Kier alpha value is -2.43. The smallest absolute Gasteiger partial charge is 0.235 e. The van der Waals surface area contributed by atoms with Gasteiger partial charge in [-0.25, -0.2) is 0 Å². The van der Waals surface area contributed by atoms with Gasteiger partial charge in [0.05, 0.1) is 17.1 Å². The standard InChI is InChI=1S/C14H13N3O2/c15-9-2-5-11-8(7-9)1-4-12(16-11)10-3-6-13(18)17-14(10)19/h1-2,4-5,7,10H,3,6,15H2,(H,17,18,19). The molecule has 3 N–H and O–H groups in total. The maximum absolute atomic E-state index is 11.8. The van der Waals surface area contributed by atoms with Gasteiger partial charge >= 0.3 is 0 Å². The van der Waals surface area contributed by atoms with Crippen LogP contribution < -0.4 is 11.1 Å². The van der Waals surface area contributed by atoms with Gasteiger partial charge in [-0.2, -0.15) is 0 Å². The number of hydrogen-bond acceptors (Lipinski definition) is 4. The van der Waals surface area contributed by atoms with Gasteiger partial charge in [-0.3, -0.25) is 19.9 Å². The molecule has 0 radical (unpaired) electrons. The molecule has 1 aliphatic rings. The SMILES string of the molecule is Nc1ccc2nc(C3CCC(=O)NC3=O)ccc2c1. The number of hydrogen-bond donors (Lipinski definition) is 2. The number of benzene rings is 1. The third kappa shape index (κ3) is 2.14. The minimum Gasteiger partial charge on any atom is -0.399 e. The molecular formula is C14H13N3O2. The number of fused-ring (bicyclic) bond motifs is 1. The summed E-state index contributed by atoms with van der Waals surface area (Å²) in [6.07, 6.45) is 0.871. The summed E-state index contributed by atoms with van der Waals surface area (Å²) in [5.74, 6) is -0.826. The van der Waals surface area contributed by atoms with Crippen LogP contribution in [0.15, 0.2) is 30.3 Å². The largest absolute Gasteiger partial charge is 0.399 e. The monoisotopic (exact) mass is 255 g/mol. The lowest BCUT2D eigenvalue weighted by atomic mass is 9.94. The summed E-state index contributed by atoms with van der Waals surface area (Å²) in [6.45, 7) is 0. The maximum Gasteiger partial charge on any atom is 0.235 e. The number of nitrogens with zero attached hydrogens (tertiary/aromatic N) is 1. The van der Waals surface area contributed by atoms with E-state index in [-0.39, 0.29) is 17.7 Å². The third-order valence-electron chi connectivity index (χ3n) is 3.33. The van der Waals surface area contributed by atoms with Crippen molar-refractivity contribution in [2.24, 2.45) is 0 Å². The van der Waals surface area contributed by atoms with Gasteiger partial charge in [-0.05, 0) is 30.7 Å². The second-order valence-electron chi connectivity index (χ2n) is 4.69. The van der Waals surface area contributed by atoms with E-state index in [0.717, 1.165) is 10.9 Å². The van der Waals surface area contributed by atoms with Crippen molar-refractivity contribution in [2.45, 2.75) is 18.8 Å². The van der Waals surface area contributed by atoms with Crippen LogP contribution in [0, 0.1) is 0 Å². The number of imide groups is 1. The van der Waals surface area contributed by atoms with Crippen LogP contribution in [0.3, 0.4) is 0 Å². The van der Waals surface area contributed by atoms with Crippen LogP contribution in [-0.4, -0.2) is 16.8 Å². The number of carbonyl (C=O) groups excluding carboxylic acids is 2. The zero-order valence-corrected chi connectivity index (χ0v) is 10.2. The molecule has 19 heavy (non-hydrogen) atoms. The molecule has 1 aromatic heterocycles. The summed E-state index contributed by atoms with van der Waals surface area (Å²) in [6, 6.07) is 9.18. The molecule has 5 nitrogen and oxygen atoms in total. The topological polar surface area (TPSA) is 85.1 Å². The zero-order valence-electron chi connectivity index (χ0n) is 10.2. The molecular weight excluding hydrogens is 242 g/mol. The van der Waals surface area contributed by atoms with E-state index in [9.17, 15) is 9.59 Å². The number of rotatable bonds is 1. The highest BCUT2D eigenvalue weighted by Gasteiger charge is 2.28. The average molecular weight is 255 g/mol. The Morgan fingerprint density at radius 2 is 2.05 bits per heavy atom. The molecule has 1 atom stereocenters. The summed E-state index contributed by atoms with van der Waals surface area (Å²) in [7, 11) is 0. The van der Waals surface area contributed by atoms with E-state index in [2.05, 4.69) is 10.3 Å². The number of amides is 2. The molecule has 1 saturated heterocycles. The van der Waals surface area contributed by atoms with Crippen LogP contribution in [0.5, 0.6) is 0 Å². The summed E-state index contributed by atoms with van der Waals surface area (Å²) in [5, 5.41) is 3.29. The van der Waals surface area contributed by atoms with Crippen LogP contribution in [0.2, 0.25) is 0 Å². The van der Waals surface area contributed by atoms with Crippen molar-refractivity contribution in [3.05, 3.63) is 36.0 Å². The Kier molecular flexibility index (Phi) is 2.67. The number of nitrogens with one attached hydrogen (secondary N) is 1. The number of nitrogen functional groups attached to an aromatic ring is 1. The fourth-order valence-corrected chi connectivity index (χ4v) is 2.33. The summed E-state index contributed by atoms with van der Waals surface area (Å²) >= 11 is 0. The van der Waals surface area contributed by atoms with Crippen LogP contribution in [0.4, 0.5) is 5.69 Å². The Morgan fingerprint density at radius 1 is 1.21 bits per heavy atom. The molecule has 5 heteroatoms. The van der Waals surface area contributed by atoms with Crippen molar-refractivity contribution in [1.82, 2.24) is 10.3 Å². The summed E-state index contributed by atoms with van der Waals surface area (Å²) < 4.78 is 0. The van der Waals surface area contributed by atoms with Crippen molar-refractivity contribution in [2.75, 3.05) is 5.73 Å². The lowest BCUT2D eigenvalue weighted by Crippen LogP contribution is -2.39. The molecule has 3 rings (SSSR count). The molecule has 96 valence electrons. The van der Waals surface area contributed by atoms with E-state index in [0.29, 0.717) is 24.2 Å². The summed E-state index contributed by atoms with van der Waals surface area (Å²) in [5.41, 5.74) is 7.89. The van der Waals surface area contributed by atoms with E-state index < -0.39 is 0 Å². The second kappa shape index (κ2) is 4.35. The van der Waals surface area contributed by atoms with E-state index in [4.69, 9.17) is 5.73 Å².